The Kier molecular flexibility index (Phi) is 20.5. The van der Waals surface area contributed by atoms with Crippen LogP contribution in [0.5, 0.6) is 0 Å². The molecule has 0 aromatic rings. The number of allylic oxidation sites excluding steroid dienone is 3. The third-order valence-corrected chi connectivity index (χ3v) is 13.4. The van der Waals surface area contributed by atoms with Crippen LogP contribution in [0.15, 0.2) is 23.8 Å². The minimum Gasteiger partial charge on any atom is -0.462 e. The molecule has 1 unspecified atom stereocenters. The van der Waals surface area contributed by atoms with Crippen LogP contribution in [0.3, 0.4) is 0 Å². The maximum Gasteiger partial charge on any atom is 0.308 e. The summed E-state index contributed by atoms with van der Waals surface area (Å²) >= 11 is 0. The molecule has 4 aliphatic rings. The number of carbonyl (C=O) groups excluding carboxylic acids is 3. The fourth-order valence-corrected chi connectivity index (χ4v) is 9.51. The summed E-state index contributed by atoms with van der Waals surface area (Å²) in [5.41, 5.74) is -0.806. The predicted molar refractivity (Wildman–Crippen MR) is 230 cm³/mol. The molecule has 0 amide bonds. The van der Waals surface area contributed by atoms with E-state index in [0.29, 0.717) is 12.0 Å². The molecule has 21 atom stereocenters. The van der Waals surface area contributed by atoms with Gasteiger partial charge < -0.3 is 77.9 Å². The summed E-state index contributed by atoms with van der Waals surface area (Å²) in [7, 11) is 6.43. The molecule has 5 N–H and O–H groups in total. The third kappa shape index (κ3) is 13.5. The van der Waals surface area contributed by atoms with Gasteiger partial charge in [-0.3, -0.25) is 9.59 Å². The summed E-state index contributed by atoms with van der Waals surface area (Å²) in [5.74, 6) is -3.59. The average molecular weight is 916 g/mol. The number of nitrogens with zero attached hydrogens (tertiary/aromatic N) is 1. The molecule has 4 heterocycles. The minimum absolute atomic E-state index is 0.00788. The number of hydrogen-bond donors (Lipinski definition) is 5. The van der Waals surface area contributed by atoms with Gasteiger partial charge >= 0.3 is 5.97 Å². The largest absolute Gasteiger partial charge is 0.462 e. The second-order valence-electron chi connectivity index (χ2n) is 18.7. The summed E-state index contributed by atoms with van der Waals surface area (Å²) < 4.78 is 54.7. The van der Waals surface area contributed by atoms with Crippen LogP contribution in [0.25, 0.3) is 0 Å². The Morgan fingerprint density at radius 3 is 2.11 bits per heavy atom. The molecule has 18 heteroatoms. The van der Waals surface area contributed by atoms with Gasteiger partial charge in [0, 0.05) is 44.8 Å². The number of likely N-dealkylation sites (N-methyl/N-ethyl adjacent to an activating group) is 1. The number of aliphatic hydroxyl groups excluding tert-OH is 4. The van der Waals surface area contributed by atoms with Gasteiger partial charge in [-0.25, -0.2) is 0 Å². The molecule has 0 aromatic heterocycles. The van der Waals surface area contributed by atoms with Crippen LogP contribution in [0, 0.1) is 23.7 Å². The van der Waals surface area contributed by atoms with E-state index >= 15 is 0 Å². The lowest BCUT2D eigenvalue weighted by Crippen LogP contribution is -2.65. The molecule has 0 bridgehead atoms. The molecule has 64 heavy (non-hydrogen) atoms. The number of aldehydes is 1. The van der Waals surface area contributed by atoms with Crippen molar-refractivity contribution in [3.05, 3.63) is 23.8 Å². The lowest BCUT2D eigenvalue weighted by Gasteiger charge is -2.50. The Labute approximate surface area is 378 Å². The molecular formula is C46H77NO17. The number of esters is 1. The van der Waals surface area contributed by atoms with Crippen LogP contribution in [-0.2, 0) is 57.0 Å². The van der Waals surface area contributed by atoms with Crippen LogP contribution in [0.4, 0.5) is 0 Å². The number of hydrogen-bond acceptors (Lipinski definition) is 18. The summed E-state index contributed by atoms with van der Waals surface area (Å²) in [6, 6.07) is -0.748. The molecule has 4 aliphatic heterocycles. The zero-order valence-electron chi connectivity index (χ0n) is 39.7. The van der Waals surface area contributed by atoms with Crippen molar-refractivity contribution in [2.75, 3.05) is 34.9 Å². The van der Waals surface area contributed by atoms with Gasteiger partial charge in [-0.1, -0.05) is 38.5 Å². The highest BCUT2D eigenvalue weighted by atomic mass is 16.7. The van der Waals surface area contributed by atoms with E-state index < -0.39 is 140 Å². The van der Waals surface area contributed by atoms with Gasteiger partial charge in [0.1, 0.15) is 49.0 Å². The maximum atomic E-state index is 13.8. The molecule has 0 saturated carbocycles. The second-order valence-corrected chi connectivity index (χ2v) is 18.7. The van der Waals surface area contributed by atoms with Crippen molar-refractivity contribution in [3.63, 3.8) is 0 Å². The molecule has 0 radical (unpaired) electrons. The maximum absolute atomic E-state index is 13.8. The first kappa shape index (κ1) is 54.3. The lowest BCUT2D eigenvalue weighted by atomic mass is 9.79. The lowest BCUT2D eigenvalue weighted by molar-refractivity contribution is -0.341. The third-order valence-electron chi connectivity index (χ3n) is 13.4. The first-order valence-corrected chi connectivity index (χ1v) is 22.7. The SMILES string of the molecule is CC[C@H]1OC(=O)C[C@@H](O)[C@H](C)[C@@H](O[C@H]2O[C@H](C)[C@@H](O[C@H]3C[C@@](C)(O)[C@@H](O)[C@H](C)O3)[C@H](N(C)C)[C@H]2O)[C@@H](CC=O)C[C@@H](C)C(=O)/C=C/C(C)=C/C1CO[C@@H]1O[C@H](C)[C@@H](O)[C@@H](OC)[C@H]1OC. The number of aliphatic hydroxyl groups is 5. The van der Waals surface area contributed by atoms with Crippen molar-refractivity contribution in [1.29, 1.82) is 0 Å². The highest BCUT2D eigenvalue weighted by Gasteiger charge is 2.52. The molecule has 18 nitrogen and oxygen atoms in total. The molecule has 3 fully saturated rings. The Bertz CT molecular complexity index is 1560. The van der Waals surface area contributed by atoms with Crippen molar-refractivity contribution in [3.8, 4) is 0 Å². The van der Waals surface area contributed by atoms with Crippen molar-refractivity contribution < 1.29 is 82.5 Å². The number of rotatable bonds is 13. The van der Waals surface area contributed by atoms with Crippen LogP contribution in [-0.4, -0.2) is 187 Å². The number of carbonyl (C=O) groups is 3. The summed E-state index contributed by atoms with van der Waals surface area (Å²) in [6.07, 6.45) is -8.49. The molecule has 3 saturated heterocycles. The van der Waals surface area contributed by atoms with Gasteiger partial charge in [0.25, 0.3) is 0 Å². The average Bonchev–Trinajstić information content (AvgIpc) is 3.23. The van der Waals surface area contributed by atoms with E-state index in [0.717, 1.165) is 6.29 Å². The van der Waals surface area contributed by atoms with Gasteiger partial charge in [-0.2, -0.15) is 0 Å². The molecule has 0 spiro atoms. The van der Waals surface area contributed by atoms with Gasteiger partial charge in [0.15, 0.2) is 24.7 Å². The van der Waals surface area contributed by atoms with E-state index in [4.69, 9.17) is 42.6 Å². The molecule has 0 aromatic carbocycles. The molecular weight excluding hydrogens is 838 g/mol. The number of methoxy groups -OCH3 is 2. The van der Waals surface area contributed by atoms with Crippen LogP contribution in [0.2, 0.25) is 0 Å². The first-order valence-electron chi connectivity index (χ1n) is 22.7. The van der Waals surface area contributed by atoms with Crippen molar-refractivity contribution in [2.24, 2.45) is 23.7 Å². The Balaban J connectivity index is 1.62. The monoisotopic (exact) mass is 916 g/mol. The Morgan fingerprint density at radius 1 is 0.859 bits per heavy atom. The van der Waals surface area contributed by atoms with Crippen molar-refractivity contribution in [1.82, 2.24) is 4.90 Å². The quantitative estimate of drug-likeness (QED) is 0.131. The van der Waals surface area contributed by atoms with Crippen molar-refractivity contribution >= 4 is 18.0 Å². The van der Waals surface area contributed by atoms with Crippen LogP contribution < -0.4 is 0 Å². The predicted octanol–water partition coefficient (Wildman–Crippen LogP) is 1.83. The molecule has 4 rings (SSSR count). The van der Waals surface area contributed by atoms with Gasteiger partial charge in [0.05, 0.1) is 55.2 Å². The van der Waals surface area contributed by atoms with Gasteiger partial charge in [0.2, 0.25) is 0 Å². The number of cyclic esters (lactones) is 1. The van der Waals surface area contributed by atoms with E-state index in [2.05, 4.69) is 0 Å². The summed E-state index contributed by atoms with van der Waals surface area (Å²) in [5, 5.41) is 55.8. The summed E-state index contributed by atoms with van der Waals surface area (Å²) in [4.78, 5) is 41.5. The van der Waals surface area contributed by atoms with Gasteiger partial charge in [-0.15, -0.1) is 0 Å². The number of ether oxygens (including phenoxy) is 9. The van der Waals surface area contributed by atoms with Crippen molar-refractivity contribution in [2.45, 2.75) is 191 Å². The van der Waals surface area contributed by atoms with E-state index in [1.165, 1.54) is 27.2 Å². The highest BCUT2D eigenvalue weighted by Crippen LogP contribution is 2.37. The fourth-order valence-electron chi connectivity index (χ4n) is 9.51. The van der Waals surface area contributed by atoms with E-state index in [1.807, 2.05) is 19.9 Å². The smallest absolute Gasteiger partial charge is 0.308 e. The zero-order chi connectivity index (χ0) is 47.8. The zero-order valence-corrected chi connectivity index (χ0v) is 39.7. The molecule has 0 aliphatic carbocycles. The summed E-state index contributed by atoms with van der Waals surface area (Å²) in [6.45, 7) is 13.6. The Hall–Kier alpha value is -2.27. The fraction of sp³-hybridized carbons (Fsp3) is 0.848. The van der Waals surface area contributed by atoms with Gasteiger partial charge in [-0.05, 0) is 73.5 Å². The standard InChI is InChI=1S/C46H77NO17/c1-13-33-30(22-58-45-42(57-12)41(56-11)37(52)26(5)60-45)18-23(2)14-15-31(49)24(3)19-29(16-17-48)39(25(4)32(50)20-34(51)62-33)64-44-38(53)36(47(9)10)40(27(6)61-44)63-35-21-46(8,55)43(54)28(7)59-35/h14-15,17-18,24-30,32-33,35-45,50,52-55H,13,16,19-22H2,1-12H3/b15-14+,23-18+/t24-,25+,26-,27-,28+,29+,30?,32-,33-,35+,36-,37-,38-,39-,40-,41-,42-,43+,44-,45-,46-/m1/s1. The normalized spacial score (nSPS) is 45.9. The number of ketones is 1. The topological polar surface area (TPSA) is 239 Å². The highest BCUT2D eigenvalue weighted by molar-refractivity contribution is 5.91. The minimum atomic E-state index is -1.49. The van der Waals surface area contributed by atoms with E-state index in [-0.39, 0.29) is 31.7 Å². The van der Waals surface area contributed by atoms with Crippen LogP contribution in [0.1, 0.15) is 87.5 Å². The molecule has 368 valence electrons. The van der Waals surface area contributed by atoms with E-state index in [9.17, 15) is 39.9 Å². The second kappa shape index (κ2) is 24.1. The van der Waals surface area contributed by atoms with E-state index in [1.54, 1.807) is 59.7 Å². The first-order chi connectivity index (χ1) is 30.1. The van der Waals surface area contributed by atoms with Crippen LogP contribution >= 0.6 is 0 Å². The Morgan fingerprint density at radius 2 is 1.52 bits per heavy atom.